The number of hydroxylamine groups is 1. The van der Waals surface area contributed by atoms with Gasteiger partial charge in [0.05, 0.1) is 30.6 Å². The second kappa shape index (κ2) is 11.2. The lowest BCUT2D eigenvalue weighted by molar-refractivity contribution is 0.318. The lowest BCUT2D eigenvalue weighted by Crippen LogP contribution is -2.24. The number of rotatable bonds is 8. The van der Waals surface area contributed by atoms with Crippen LogP contribution in [-0.2, 0) is 10.8 Å². The molecule has 0 aliphatic rings. The Labute approximate surface area is 189 Å². The van der Waals surface area contributed by atoms with Gasteiger partial charge in [0.1, 0.15) is 18.0 Å². The minimum absolute atomic E-state index is 0. The zero-order chi connectivity index (χ0) is 20.8. The third-order valence-electron chi connectivity index (χ3n) is 3.82. The highest BCUT2D eigenvalue weighted by molar-refractivity contribution is 7.96. The van der Waals surface area contributed by atoms with E-state index in [1.165, 1.54) is 23.4 Å². The third kappa shape index (κ3) is 6.36. The number of hydrogen-bond acceptors (Lipinski definition) is 7. The van der Waals surface area contributed by atoms with Crippen LogP contribution in [0.25, 0.3) is 0 Å². The summed E-state index contributed by atoms with van der Waals surface area (Å²) in [6.45, 7) is 0.295. The number of nitrogens with zero attached hydrogens (tertiary/aromatic N) is 4. The molecule has 0 amide bonds. The molecule has 160 valence electrons. The maximum Gasteiger partial charge on any atom is 0.231 e. The van der Waals surface area contributed by atoms with Crippen LogP contribution in [-0.4, -0.2) is 24.1 Å². The van der Waals surface area contributed by atoms with Crippen LogP contribution in [0.4, 0.5) is 20.3 Å². The van der Waals surface area contributed by atoms with Gasteiger partial charge in [-0.25, -0.2) is 15.0 Å². The summed E-state index contributed by atoms with van der Waals surface area (Å²) in [7, 11) is 3.28. The first-order valence-electron chi connectivity index (χ1n) is 8.39. The van der Waals surface area contributed by atoms with Crippen molar-refractivity contribution < 1.29 is 17.8 Å². The number of benzene rings is 1. The molecule has 0 radical (unpaired) electrons. The van der Waals surface area contributed by atoms with E-state index in [9.17, 15) is 8.78 Å². The topological polar surface area (TPSA) is 50.7 Å². The summed E-state index contributed by atoms with van der Waals surface area (Å²) in [6.07, 6.45) is 1.33. The molecule has 0 atom stereocenters. The van der Waals surface area contributed by atoms with E-state index < -0.39 is 11.9 Å². The van der Waals surface area contributed by atoms with E-state index >= 15 is 0 Å². The first-order valence-corrected chi connectivity index (χ1v) is 9.46. The highest BCUT2D eigenvalue weighted by Crippen LogP contribution is 2.27. The molecule has 0 spiro atoms. The van der Waals surface area contributed by atoms with Gasteiger partial charge in [0.25, 0.3) is 0 Å². The highest BCUT2D eigenvalue weighted by Gasteiger charge is 2.15. The van der Waals surface area contributed by atoms with Crippen molar-refractivity contribution in [3.63, 3.8) is 0 Å². The molecule has 3 aromatic rings. The zero-order valence-electron chi connectivity index (χ0n) is 16.1. The van der Waals surface area contributed by atoms with Crippen LogP contribution in [0.3, 0.4) is 0 Å². The summed E-state index contributed by atoms with van der Waals surface area (Å²) in [5, 5.41) is 1.33. The van der Waals surface area contributed by atoms with Crippen LogP contribution in [0.2, 0.25) is 5.02 Å². The van der Waals surface area contributed by atoms with Gasteiger partial charge in [-0.15, -0.1) is 0 Å². The van der Waals surface area contributed by atoms with Gasteiger partial charge < -0.3 is 4.74 Å². The van der Waals surface area contributed by atoms with E-state index in [2.05, 4.69) is 9.97 Å². The molecule has 1 aromatic carbocycles. The molecule has 11 heteroatoms. The van der Waals surface area contributed by atoms with Crippen molar-refractivity contribution in [2.24, 2.45) is 0 Å². The molecular weight excluding hydrogens is 454 g/mol. The number of hydrogen-bond donors (Lipinski definition) is 0. The van der Waals surface area contributed by atoms with Crippen molar-refractivity contribution in [1.82, 2.24) is 9.97 Å². The van der Waals surface area contributed by atoms with Crippen LogP contribution < -0.4 is 14.1 Å². The quantitative estimate of drug-likeness (QED) is 0.194. The van der Waals surface area contributed by atoms with Gasteiger partial charge in [-0.05, 0) is 35.9 Å². The molecule has 3 rings (SSSR count). The van der Waals surface area contributed by atoms with Crippen LogP contribution in [0.1, 0.15) is 5.56 Å². The van der Waals surface area contributed by atoms with Crippen LogP contribution >= 0.6 is 37.3 Å². The molecule has 2 aromatic heterocycles. The van der Waals surface area contributed by atoms with E-state index in [-0.39, 0.29) is 24.3 Å². The standard InChI is InChI=1S/C19H17ClF2N4O2S.H2S/c1-25(14-10-16(20)19(22)23-11-14)29-28-26(18-5-3-4-17(21)24-18)12-13-6-8-15(27-2)9-7-13;/h3-11H,12H2,1-2H3;1H2. The van der Waals surface area contributed by atoms with Crippen molar-refractivity contribution in [1.29, 1.82) is 0 Å². The smallest absolute Gasteiger partial charge is 0.231 e. The molecule has 2 heterocycles. The molecule has 0 saturated carbocycles. The summed E-state index contributed by atoms with van der Waals surface area (Å²) in [4.78, 5) is 7.46. The Balaban J connectivity index is 0.00000320. The van der Waals surface area contributed by atoms with E-state index in [1.54, 1.807) is 30.6 Å². The fraction of sp³-hybridized carbons (Fsp3) is 0.158. The molecule has 0 bridgehead atoms. The average Bonchev–Trinajstić information content (AvgIpc) is 2.73. The van der Waals surface area contributed by atoms with E-state index in [4.69, 9.17) is 20.6 Å². The molecule has 6 nitrogen and oxygen atoms in total. The van der Waals surface area contributed by atoms with Crippen molar-refractivity contribution in [2.45, 2.75) is 6.54 Å². The first-order chi connectivity index (χ1) is 14.0. The van der Waals surface area contributed by atoms with Gasteiger partial charge in [-0.3, -0.25) is 4.31 Å². The number of halogens is 3. The minimum Gasteiger partial charge on any atom is -0.497 e. The summed E-state index contributed by atoms with van der Waals surface area (Å²) >= 11 is 6.71. The number of ether oxygens (including phenoxy) is 1. The Bertz CT molecular complexity index is 970. The molecule has 0 aliphatic carbocycles. The second-order valence-electron chi connectivity index (χ2n) is 5.82. The number of aromatic nitrogens is 2. The molecule has 30 heavy (non-hydrogen) atoms. The van der Waals surface area contributed by atoms with Gasteiger partial charge >= 0.3 is 0 Å². The molecule has 0 unspecified atom stereocenters. The van der Waals surface area contributed by atoms with Gasteiger partial charge in [-0.1, -0.05) is 29.8 Å². The monoisotopic (exact) mass is 472 g/mol. The number of pyridine rings is 2. The Morgan fingerprint density at radius 2 is 1.87 bits per heavy atom. The molecule has 0 saturated heterocycles. The summed E-state index contributed by atoms with van der Waals surface area (Å²) in [6, 6.07) is 13.2. The van der Waals surface area contributed by atoms with Gasteiger partial charge in [0.15, 0.2) is 5.82 Å². The van der Waals surface area contributed by atoms with Gasteiger partial charge in [0.2, 0.25) is 11.9 Å². The lowest BCUT2D eigenvalue weighted by atomic mass is 10.2. The fourth-order valence-electron chi connectivity index (χ4n) is 2.30. The molecule has 0 fully saturated rings. The van der Waals surface area contributed by atoms with Crippen LogP contribution in [0.5, 0.6) is 5.75 Å². The Morgan fingerprint density at radius 3 is 2.50 bits per heavy atom. The predicted octanol–water partition coefficient (Wildman–Crippen LogP) is 5.17. The number of methoxy groups -OCH3 is 1. The van der Waals surface area contributed by atoms with Gasteiger partial charge in [0, 0.05) is 7.05 Å². The summed E-state index contributed by atoms with van der Waals surface area (Å²) in [5.74, 6) is -0.365. The van der Waals surface area contributed by atoms with Crippen LogP contribution in [0, 0.1) is 11.9 Å². The zero-order valence-corrected chi connectivity index (χ0v) is 18.6. The van der Waals surface area contributed by atoms with Crippen molar-refractivity contribution in [2.75, 3.05) is 23.5 Å². The number of anilines is 2. The van der Waals surface area contributed by atoms with E-state index in [0.29, 0.717) is 12.2 Å². The fourth-order valence-corrected chi connectivity index (χ4v) is 2.95. The first kappa shape index (κ1) is 24.0. The maximum absolute atomic E-state index is 13.6. The Hall–Kier alpha value is -2.27. The molecule has 0 N–H and O–H groups in total. The minimum atomic E-state index is -0.750. The normalized spacial score (nSPS) is 10.3. The van der Waals surface area contributed by atoms with Crippen molar-refractivity contribution >= 4 is 48.8 Å². The van der Waals surface area contributed by atoms with Crippen molar-refractivity contribution in [3.05, 3.63) is 77.2 Å². The predicted molar refractivity (Wildman–Crippen MR) is 120 cm³/mol. The average molecular weight is 473 g/mol. The van der Waals surface area contributed by atoms with E-state index in [1.807, 2.05) is 24.3 Å². The second-order valence-corrected chi connectivity index (χ2v) is 7.07. The third-order valence-corrected chi connectivity index (χ3v) is 4.77. The summed E-state index contributed by atoms with van der Waals surface area (Å²) in [5.41, 5.74) is 1.42. The lowest BCUT2D eigenvalue weighted by Gasteiger charge is -2.24. The van der Waals surface area contributed by atoms with E-state index in [0.717, 1.165) is 23.5 Å². The Kier molecular flexibility index (Phi) is 8.97. The summed E-state index contributed by atoms with van der Waals surface area (Å²) < 4.78 is 39.4. The largest absolute Gasteiger partial charge is 0.497 e. The SMILES string of the molecule is COc1ccc(CN(OSN(C)c2cnc(F)c(Cl)c2)c2cccc(F)n2)cc1.S. The van der Waals surface area contributed by atoms with Gasteiger partial charge in [-0.2, -0.15) is 26.6 Å². The van der Waals surface area contributed by atoms with Crippen LogP contribution in [0.15, 0.2) is 54.7 Å². The molecular formula is C19H19ClF2N4O2S2. The molecule has 0 aliphatic heterocycles. The van der Waals surface area contributed by atoms with Crippen molar-refractivity contribution in [3.8, 4) is 5.75 Å². The Morgan fingerprint density at radius 1 is 1.13 bits per heavy atom. The maximum atomic E-state index is 13.6. The highest BCUT2D eigenvalue weighted by atomic mass is 35.5.